The second kappa shape index (κ2) is 12.0. The lowest BCUT2D eigenvalue weighted by molar-refractivity contribution is -0.148. The van der Waals surface area contributed by atoms with Gasteiger partial charge in [0, 0.05) is 16.8 Å². The molecule has 0 saturated heterocycles. The highest BCUT2D eigenvalue weighted by molar-refractivity contribution is 6.05. The van der Waals surface area contributed by atoms with E-state index < -0.39 is 30.4 Å². The number of methoxy groups -OCH3 is 1. The van der Waals surface area contributed by atoms with Crippen LogP contribution >= 0.6 is 0 Å². The van der Waals surface area contributed by atoms with Crippen LogP contribution in [0.3, 0.4) is 0 Å². The van der Waals surface area contributed by atoms with E-state index in [9.17, 15) is 19.2 Å². The van der Waals surface area contributed by atoms with Crippen LogP contribution in [0, 0.1) is 0 Å². The van der Waals surface area contributed by atoms with Crippen molar-refractivity contribution in [2.24, 2.45) is 0 Å². The molecule has 3 aromatic rings. The van der Waals surface area contributed by atoms with Crippen LogP contribution in [0.25, 0.3) is 0 Å². The van der Waals surface area contributed by atoms with E-state index in [2.05, 4.69) is 16.0 Å². The van der Waals surface area contributed by atoms with Crippen LogP contribution in [0.4, 0.5) is 11.4 Å². The molecule has 1 unspecified atom stereocenters. The third-order valence-corrected chi connectivity index (χ3v) is 4.87. The summed E-state index contributed by atoms with van der Waals surface area (Å²) in [6.45, 7) is 0.941. The van der Waals surface area contributed by atoms with Gasteiger partial charge < -0.3 is 25.4 Å². The molecule has 3 rings (SSSR count). The van der Waals surface area contributed by atoms with Gasteiger partial charge in [-0.2, -0.15) is 0 Å². The second-order valence-electron chi connectivity index (χ2n) is 7.45. The van der Waals surface area contributed by atoms with Gasteiger partial charge in [-0.3, -0.25) is 14.4 Å². The topological polar surface area (TPSA) is 123 Å². The first kappa shape index (κ1) is 25.0. The van der Waals surface area contributed by atoms with Crippen molar-refractivity contribution in [2.75, 3.05) is 24.4 Å². The standard InChI is InChI=1S/C26H25N3O6/c1-17(27-24(31)18-8-4-3-5-9-18)26(33)35-16-23(30)28-20-14-12-19(13-15-20)25(32)29-21-10-6-7-11-22(21)34-2/h3-15,17H,16H2,1-2H3,(H,27,31)(H,28,30)(H,29,32). The molecule has 0 spiro atoms. The highest BCUT2D eigenvalue weighted by atomic mass is 16.5. The molecule has 3 N–H and O–H groups in total. The van der Waals surface area contributed by atoms with Crippen LogP contribution in [0.2, 0.25) is 0 Å². The van der Waals surface area contributed by atoms with Gasteiger partial charge in [0.1, 0.15) is 11.8 Å². The van der Waals surface area contributed by atoms with Crippen LogP contribution in [0.1, 0.15) is 27.6 Å². The Morgan fingerprint density at radius 1 is 0.771 bits per heavy atom. The Hall–Kier alpha value is -4.66. The highest BCUT2D eigenvalue weighted by Gasteiger charge is 2.19. The molecule has 3 amide bonds. The first-order valence-electron chi connectivity index (χ1n) is 10.7. The minimum atomic E-state index is -0.934. The summed E-state index contributed by atoms with van der Waals surface area (Å²) in [7, 11) is 1.52. The molecule has 0 bridgehead atoms. The summed E-state index contributed by atoms with van der Waals surface area (Å²) >= 11 is 0. The monoisotopic (exact) mass is 475 g/mol. The molecule has 0 heterocycles. The molecule has 0 fully saturated rings. The average Bonchev–Trinajstić information content (AvgIpc) is 2.88. The van der Waals surface area contributed by atoms with Crippen molar-refractivity contribution in [1.82, 2.24) is 5.32 Å². The van der Waals surface area contributed by atoms with Crippen molar-refractivity contribution >= 4 is 35.1 Å². The number of carbonyl (C=O) groups excluding carboxylic acids is 4. The number of hydrogen-bond donors (Lipinski definition) is 3. The number of benzene rings is 3. The number of para-hydroxylation sites is 2. The molecular weight excluding hydrogens is 450 g/mol. The lowest BCUT2D eigenvalue weighted by atomic mass is 10.2. The molecule has 9 heteroatoms. The maximum atomic E-state index is 12.5. The molecule has 35 heavy (non-hydrogen) atoms. The van der Waals surface area contributed by atoms with Gasteiger partial charge in [0.25, 0.3) is 17.7 Å². The van der Waals surface area contributed by atoms with Crippen molar-refractivity contribution in [3.8, 4) is 5.75 Å². The van der Waals surface area contributed by atoms with Gasteiger partial charge in [-0.25, -0.2) is 4.79 Å². The minimum absolute atomic E-state index is 0.340. The van der Waals surface area contributed by atoms with E-state index >= 15 is 0 Å². The molecule has 180 valence electrons. The van der Waals surface area contributed by atoms with E-state index in [0.717, 1.165) is 0 Å². The third kappa shape index (κ3) is 7.16. The maximum absolute atomic E-state index is 12.5. The van der Waals surface area contributed by atoms with Gasteiger partial charge in [-0.15, -0.1) is 0 Å². The average molecular weight is 476 g/mol. The SMILES string of the molecule is COc1ccccc1NC(=O)c1ccc(NC(=O)COC(=O)C(C)NC(=O)c2ccccc2)cc1. The van der Waals surface area contributed by atoms with Gasteiger partial charge in [0.2, 0.25) is 0 Å². The molecule has 1 atom stereocenters. The quantitative estimate of drug-likeness (QED) is 0.408. The Morgan fingerprint density at radius 3 is 2.09 bits per heavy atom. The Balaban J connectivity index is 1.46. The van der Waals surface area contributed by atoms with Gasteiger partial charge in [-0.05, 0) is 55.5 Å². The zero-order valence-corrected chi connectivity index (χ0v) is 19.2. The molecule has 0 saturated carbocycles. The van der Waals surface area contributed by atoms with Crippen LogP contribution in [-0.2, 0) is 14.3 Å². The minimum Gasteiger partial charge on any atom is -0.495 e. The number of esters is 1. The summed E-state index contributed by atoms with van der Waals surface area (Å²) in [4.78, 5) is 48.9. The lowest BCUT2D eigenvalue weighted by Gasteiger charge is -2.13. The van der Waals surface area contributed by atoms with Gasteiger partial charge in [-0.1, -0.05) is 30.3 Å². The number of rotatable bonds is 9. The molecular formula is C26H25N3O6. The summed E-state index contributed by atoms with van der Waals surface area (Å²) in [6, 6.07) is 20.7. The predicted octanol–water partition coefficient (Wildman–Crippen LogP) is 3.25. The molecule has 0 aliphatic heterocycles. The van der Waals surface area contributed by atoms with E-state index in [4.69, 9.17) is 9.47 Å². The van der Waals surface area contributed by atoms with Crippen molar-refractivity contribution in [2.45, 2.75) is 13.0 Å². The van der Waals surface area contributed by atoms with E-state index in [1.807, 2.05) is 0 Å². The van der Waals surface area contributed by atoms with Crippen molar-refractivity contribution in [1.29, 1.82) is 0 Å². The summed E-state index contributed by atoms with van der Waals surface area (Å²) < 4.78 is 10.2. The smallest absolute Gasteiger partial charge is 0.328 e. The van der Waals surface area contributed by atoms with Gasteiger partial charge >= 0.3 is 5.97 Å². The first-order chi connectivity index (χ1) is 16.9. The van der Waals surface area contributed by atoms with Crippen LogP contribution in [-0.4, -0.2) is 43.4 Å². The summed E-state index contributed by atoms with van der Waals surface area (Å²) in [5.41, 5.74) is 1.74. The molecule has 3 aromatic carbocycles. The van der Waals surface area contributed by atoms with E-state index in [-0.39, 0.29) is 5.91 Å². The molecule has 0 aliphatic carbocycles. The zero-order valence-electron chi connectivity index (χ0n) is 19.2. The summed E-state index contributed by atoms with van der Waals surface area (Å²) in [5, 5.41) is 7.87. The largest absolute Gasteiger partial charge is 0.495 e. The lowest BCUT2D eigenvalue weighted by Crippen LogP contribution is -2.40. The van der Waals surface area contributed by atoms with Gasteiger partial charge in [0.05, 0.1) is 12.8 Å². The van der Waals surface area contributed by atoms with E-state index in [0.29, 0.717) is 28.3 Å². The Morgan fingerprint density at radius 2 is 1.40 bits per heavy atom. The molecule has 9 nitrogen and oxygen atoms in total. The van der Waals surface area contributed by atoms with Crippen molar-refractivity contribution in [3.63, 3.8) is 0 Å². The number of anilines is 2. The number of carbonyl (C=O) groups is 4. The summed E-state index contributed by atoms with van der Waals surface area (Å²) in [6.07, 6.45) is 0. The van der Waals surface area contributed by atoms with E-state index in [1.54, 1.807) is 78.9 Å². The fraction of sp³-hybridized carbons (Fsp3) is 0.154. The van der Waals surface area contributed by atoms with Crippen LogP contribution in [0.5, 0.6) is 5.75 Å². The Kier molecular flexibility index (Phi) is 8.55. The predicted molar refractivity (Wildman–Crippen MR) is 130 cm³/mol. The fourth-order valence-electron chi connectivity index (χ4n) is 3.03. The van der Waals surface area contributed by atoms with Crippen molar-refractivity contribution in [3.05, 3.63) is 90.0 Å². The third-order valence-electron chi connectivity index (χ3n) is 4.87. The number of nitrogens with one attached hydrogen (secondary N) is 3. The Labute approximate surface area is 202 Å². The van der Waals surface area contributed by atoms with Crippen LogP contribution < -0.4 is 20.7 Å². The highest BCUT2D eigenvalue weighted by Crippen LogP contribution is 2.23. The number of amides is 3. The zero-order chi connectivity index (χ0) is 25.2. The normalized spacial score (nSPS) is 11.0. The van der Waals surface area contributed by atoms with Crippen LogP contribution in [0.15, 0.2) is 78.9 Å². The molecule has 0 aliphatic rings. The first-order valence-corrected chi connectivity index (χ1v) is 10.7. The Bertz CT molecular complexity index is 1200. The molecule has 0 aromatic heterocycles. The molecule has 0 radical (unpaired) electrons. The number of hydrogen-bond acceptors (Lipinski definition) is 6. The van der Waals surface area contributed by atoms with Crippen molar-refractivity contribution < 1.29 is 28.7 Å². The number of ether oxygens (including phenoxy) is 2. The second-order valence-corrected chi connectivity index (χ2v) is 7.45. The fourth-order valence-corrected chi connectivity index (χ4v) is 3.03. The van der Waals surface area contributed by atoms with E-state index in [1.165, 1.54) is 14.0 Å². The summed E-state index contributed by atoms with van der Waals surface area (Å²) in [5.74, 6) is -1.53. The van der Waals surface area contributed by atoms with Gasteiger partial charge in [0.15, 0.2) is 6.61 Å². The maximum Gasteiger partial charge on any atom is 0.328 e.